The van der Waals surface area contributed by atoms with E-state index in [0.29, 0.717) is 5.17 Å². The zero-order valence-corrected chi connectivity index (χ0v) is 19.1. The van der Waals surface area contributed by atoms with E-state index in [2.05, 4.69) is 10.3 Å². The largest absolute Gasteiger partial charge is 0.324 e. The molecule has 1 unspecified atom stereocenters. The first kappa shape index (κ1) is 22.7. The predicted octanol–water partition coefficient (Wildman–Crippen LogP) is 5.00. The van der Waals surface area contributed by atoms with Crippen molar-refractivity contribution < 1.29 is 14.0 Å². The van der Waals surface area contributed by atoms with Crippen molar-refractivity contribution in [2.45, 2.75) is 32.1 Å². The normalized spacial score (nSPS) is 16.9. The molecule has 0 saturated carbocycles. The SMILES string of the molecule is Cc1ccc(C)c(N=C2SC(CC(=O)Nc3ccccc3F)C(=O)N2Cc2ccccn2)c1. The van der Waals surface area contributed by atoms with Gasteiger partial charge in [-0.1, -0.05) is 42.1 Å². The van der Waals surface area contributed by atoms with E-state index in [-0.39, 0.29) is 24.6 Å². The van der Waals surface area contributed by atoms with E-state index in [1.807, 2.05) is 50.2 Å². The van der Waals surface area contributed by atoms with Gasteiger partial charge in [-0.15, -0.1) is 0 Å². The highest BCUT2D eigenvalue weighted by molar-refractivity contribution is 8.15. The van der Waals surface area contributed by atoms with Crippen LogP contribution in [0.5, 0.6) is 0 Å². The topological polar surface area (TPSA) is 74.7 Å². The lowest BCUT2D eigenvalue weighted by Gasteiger charge is -2.16. The summed E-state index contributed by atoms with van der Waals surface area (Å²) in [5.74, 6) is -1.18. The number of rotatable bonds is 6. The molecule has 0 aliphatic carbocycles. The number of carbonyl (C=O) groups is 2. The Morgan fingerprint density at radius 1 is 1.15 bits per heavy atom. The smallest absolute Gasteiger partial charge is 0.243 e. The van der Waals surface area contributed by atoms with Gasteiger partial charge in [0.25, 0.3) is 0 Å². The van der Waals surface area contributed by atoms with Crippen LogP contribution in [0.15, 0.2) is 71.9 Å². The number of anilines is 1. The maximum atomic E-state index is 13.9. The lowest BCUT2D eigenvalue weighted by Crippen LogP contribution is -2.33. The van der Waals surface area contributed by atoms with Gasteiger partial charge in [0, 0.05) is 12.6 Å². The van der Waals surface area contributed by atoms with E-state index in [1.54, 1.807) is 23.2 Å². The number of carbonyl (C=O) groups excluding carboxylic acids is 2. The Bertz CT molecular complexity index is 1220. The van der Waals surface area contributed by atoms with Crippen molar-refractivity contribution in [3.63, 3.8) is 0 Å². The van der Waals surface area contributed by atoms with Gasteiger partial charge >= 0.3 is 0 Å². The highest BCUT2D eigenvalue weighted by Crippen LogP contribution is 2.34. The molecule has 1 aliphatic rings. The Hall–Kier alpha value is -3.52. The first-order chi connectivity index (χ1) is 15.9. The third kappa shape index (κ3) is 5.46. The number of hydrogen-bond donors (Lipinski definition) is 1. The van der Waals surface area contributed by atoms with Crippen molar-refractivity contribution in [2.24, 2.45) is 4.99 Å². The zero-order chi connectivity index (χ0) is 23.4. The van der Waals surface area contributed by atoms with Crippen molar-refractivity contribution in [1.82, 2.24) is 9.88 Å². The van der Waals surface area contributed by atoms with Gasteiger partial charge in [-0.05, 0) is 55.3 Å². The monoisotopic (exact) mass is 462 g/mol. The van der Waals surface area contributed by atoms with Crippen LogP contribution >= 0.6 is 11.8 Å². The lowest BCUT2D eigenvalue weighted by molar-refractivity contribution is -0.128. The molecular weight excluding hydrogens is 439 g/mol. The number of aliphatic imine (C=N–C) groups is 1. The number of amides is 2. The van der Waals surface area contributed by atoms with Crippen LogP contribution in [0.3, 0.4) is 0 Å². The molecule has 168 valence electrons. The number of halogens is 1. The summed E-state index contributed by atoms with van der Waals surface area (Å²) in [6.07, 6.45) is 1.58. The molecule has 33 heavy (non-hydrogen) atoms. The van der Waals surface area contributed by atoms with Crippen LogP contribution in [0.1, 0.15) is 23.2 Å². The maximum absolute atomic E-state index is 13.9. The molecule has 2 amide bonds. The van der Waals surface area contributed by atoms with Crippen molar-refractivity contribution in [1.29, 1.82) is 0 Å². The Morgan fingerprint density at radius 2 is 1.94 bits per heavy atom. The number of hydrogen-bond acceptors (Lipinski definition) is 5. The first-order valence-corrected chi connectivity index (χ1v) is 11.4. The van der Waals surface area contributed by atoms with Crippen LogP contribution in [-0.4, -0.2) is 32.1 Å². The minimum Gasteiger partial charge on any atom is -0.324 e. The van der Waals surface area contributed by atoms with Crippen molar-refractivity contribution in [3.8, 4) is 0 Å². The van der Waals surface area contributed by atoms with Crippen molar-refractivity contribution >= 4 is 40.1 Å². The fourth-order valence-electron chi connectivity index (χ4n) is 3.40. The summed E-state index contributed by atoms with van der Waals surface area (Å²) in [4.78, 5) is 36.5. The predicted molar refractivity (Wildman–Crippen MR) is 129 cm³/mol. The highest BCUT2D eigenvalue weighted by atomic mass is 32.2. The molecule has 1 aliphatic heterocycles. The van der Waals surface area contributed by atoms with Crippen LogP contribution < -0.4 is 5.32 Å². The number of amidine groups is 1. The third-order valence-corrected chi connectivity index (χ3v) is 6.34. The Labute approximate surface area is 195 Å². The Morgan fingerprint density at radius 3 is 2.70 bits per heavy atom. The van der Waals surface area contributed by atoms with Crippen molar-refractivity contribution in [3.05, 3.63) is 89.5 Å². The number of para-hydroxylation sites is 1. The fourth-order valence-corrected chi connectivity index (χ4v) is 4.55. The molecule has 4 rings (SSSR count). The molecule has 1 saturated heterocycles. The second-order valence-corrected chi connectivity index (χ2v) is 8.94. The molecule has 1 atom stereocenters. The molecule has 1 fully saturated rings. The Balaban J connectivity index is 1.58. The minimum atomic E-state index is -0.663. The molecule has 8 heteroatoms. The second-order valence-electron chi connectivity index (χ2n) is 7.77. The van der Waals surface area contributed by atoms with Crippen LogP contribution in [0, 0.1) is 19.7 Å². The number of aryl methyl sites for hydroxylation is 2. The van der Waals surface area contributed by atoms with E-state index in [0.717, 1.165) is 22.5 Å². The average Bonchev–Trinajstić information content (AvgIpc) is 3.07. The quantitative estimate of drug-likeness (QED) is 0.560. The molecule has 3 aromatic rings. The summed E-state index contributed by atoms with van der Waals surface area (Å²) >= 11 is 1.24. The summed E-state index contributed by atoms with van der Waals surface area (Å²) < 4.78 is 13.9. The molecule has 0 radical (unpaired) electrons. The summed E-state index contributed by atoms with van der Waals surface area (Å²) in [5, 5.41) is 2.41. The van der Waals surface area contributed by atoms with E-state index in [1.165, 1.54) is 23.9 Å². The van der Waals surface area contributed by atoms with Gasteiger partial charge in [-0.2, -0.15) is 0 Å². The summed E-state index contributed by atoms with van der Waals surface area (Å²) in [6, 6.07) is 17.4. The summed E-state index contributed by atoms with van der Waals surface area (Å²) in [6.45, 7) is 4.20. The van der Waals surface area contributed by atoms with Gasteiger partial charge < -0.3 is 5.32 Å². The fraction of sp³-hybridized carbons (Fsp3) is 0.200. The molecular formula is C25H23FN4O2S. The molecule has 2 aromatic carbocycles. The molecule has 6 nitrogen and oxygen atoms in total. The van der Waals surface area contributed by atoms with Gasteiger partial charge in [0.1, 0.15) is 11.1 Å². The molecule has 0 spiro atoms. The zero-order valence-electron chi connectivity index (χ0n) is 18.3. The van der Waals surface area contributed by atoms with Gasteiger partial charge in [0.05, 0.1) is 23.6 Å². The van der Waals surface area contributed by atoms with Gasteiger partial charge in [0.15, 0.2) is 5.17 Å². The van der Waals surface area contributed by atoms with Crippen LogP contribution in [-0.2, 0) is 16.1 Å². The number of aromatic nitrogens is 1. The number of benzene rings is 2. The number of thioether (sulfide) groups is 1. The minimum absolute atomic E-state index is 0.0903. The standard InChI is InChI=1S/C25H23FN4O2S/c1-16-10-11-17(2)21(13-16)29-25-30(15-18-7-5-6-12-27-18)24(32)22(33-25)14-23(31)28-20-9-4-3-8-19(20)26/h3-13,22H,14-15H2,1-2H3,(H,28,31). The second kappa shape index (κ2) is 9.95. The summed E-state index contributed by atoms with van der Waals surface area (Å²) in [5.41, 5.74) is 3.63. The molecule has 1 aromatic heterocycles. The van der Waals surface area contributed by atoms with Gasteiger partial charge in [-0.25, -0.2) is 9.38 Å². The number of nitrogens with zero attached hydrogens (tertiary/aromatic N) is 3. The van der Waals surface area contributed by atoms with Gasteiger partial charge in [0.2, 0.25) is 11.8 Å². The number of pyridine rings is 1. The van der Waals surface area contributed by atoms with E-state index in [4.69, 9.17) is 4.99 Å². The van der Waals surface area contributed by atoms with Crippen LogP contribution in [0.2, 0.25) is 0 Å². The van der Waals surface area contributed by atoms with Gasteiger partial charge in [-0.3, -0.25) is 19.5 Å². The van der Waals surface area contributed by atoms with E-state index in [9.17, 15) is 14.0 Å². The number of nitrogens with one attached hydrogen (secondary N) is 1. The van der Waals surface area contributed by atoms with Crippen LogP contribution in [0.4, 0.5) is 15.8 Å². The molecule has 2 heterocycles. The lowest BCUT2D eigenvalue weighted by atomic mass is 10.1. The first-order valence-electron chi connectivity index (χ1n) is 10.5. The molecule has 1 N–H and O–H groups in total. The highest BCUT2D eigenvalue weighted by Gasteiger charge is 2.39. The van der Waals surface area contributed by atoms with Crippen molar-refractivity contribution in [2.75, 3.05) is 5.32 Å². The molecule has 0 bridgehead atoms. The average molecular weight is 463 g/mol. The van der Waals surface area contributed by atoms with Crippen LogP contribution in [0.25, 0.3) is 0 Å². The maximum Gasteiger partial charge on any atom is 0.243 e. The summed E-state index contributed by atoms with van der Waals surface area (Å²) in [7, 11) is 0. The Kier molecular flexibility index (Phi) is 6.84. The third-order valence-electron chi connectivity index (χ3n) is 5.17. The van der Waals surface area contributed by atoms with E-state index >= 15 is 0 Å². The van der Waals surface area contributed by atoms with E-state index < -0.39 is 17.0 Å².